The second-order valence-electron chi connectivity index (χ2n) is 12.0. The average molecular weight is 631 g/mol. The molecule has 0 saturated carbocycles. The maximum Gasteiger partial charge on any atom is 0.292 e. The summed E-state index contributed by atoms with van der Waals surface area (Å²) in [6.07, 6.45) is 10.6. The third kappa shape index (κ3) is 4.31. The summed E-state index contributed by atoms with van der Waals surface area (Å²) >= 11 is 1.70. The molecule has 7 heterocycles. The van der Waals surface area contributed by atoms with Gasteiger partial charge in [0.2, 0.25) is 5.82 Å². The summed E-state index contributed by atoms with van der Waals surface area (Å²) in [6.45, 7) is 1.75. The summed E-state index contributed by atoms with van der Waals surface area (Å²) in [7, 11) is -3.75. The molecule has 44 heavy (non-hydrogen) atoms. The summed E-state index contributed by atoms with van der Waals surface area (Å²) < 4.78 is 27.7. The molecule has 8 rings (SSSR count). The number of sulfone groups is 1. The fraction of sp³-hybridized carbons (Fsp3) is 0.414. The number of rotatable bonds is 5. The highest BCUT2D eigenvalue weighted by molar-refractivity contribution is 7.91. The van der Waals surface area contributed by atoms with Crippen LogP contribution in [0.4, 0.5) is 5.82 Å². The van der Waals surface area contributed by atoms with Gasteiger partial charge in [-0.25, -0.2) is 18.4 Å². The third-order valence-corrected chi connectivity index (χ3v) is 11.4. The number of aromatic amines is 1. The minimum Gasteiger partial charge on any atom is -0.382 e. The first kappa shape index (κ1) is 27.3. The van der Waals surface area contributed by atoms with Crippen LogP contribution in [0.3, 0.4) is 0 Å². The number of nitrogens with zero attached hydrogens (tertiary/aromatic N) is 8. The number of aromatic nitrogens is 8. The second kappa shape index (κ2) is 9.89. The molecule has 5 aromatic heterocycles. The van der Waals surface area contributed by atoms with E-state index in [2.05, 4.69) is 20.3 Å². The van der Waals surface area contributed by atoms with Gasteiger partial charge in [-0.3, -0.25) is 9.78 Å². The predicted octanol–water partition coefficient (Wildman–Crippen LogP) is 3.37. The van der Waals surface area contributed by atoms with Crippen LogP contribution in [0.5, 0.6) is 0 Å². The van der Waals surface area contributed by atoms with Crippen LogP contribution in [0.2, 0.25) is 0 Å². The number of amides is 1. The first-order valence-corrected chi connectivity index (χ1v) is 17.4. The van der Waals surface area contributed by atoms with E-state index < -0.39 is 9.84 Å². The molecule has 3 atom stereocenters. The molecule has 13 nitrogen and oxygen atoms in total. The number of nitrogen functional groups attached to an aromatic ring is 1. The molecule has 0 unspecified atom stereocenters. The molecule has 15 heteroatoms. The number of anilines is 1. The molecule has 0 spiro atoms. The van der Waals surface area contributed by atoms with Gasteiger partial charge in [-0.15, -0.1) is 21.5 Å². The number of aryl methyl sites for hydroxylation is 3. The lowest BCUT2D eigenvalue weighted by Crippen LogP contribution is -2.46. The normalized spacial score (nSPS) is 21.3. The molecule has 3 aliphatic rings. The van der Waals surface area contributed by atoms with E-state index in [-0.39, 0.29) is 40.4 Å². The molecule has 226 valence electrons. The van der Waals surface area contributed by atoms with Crippen molar-refractivity contribution < 1.29 is 13.2 Å². The van der Waals surface area contributed by atoms with E-state index >= 15 is 0 Å². The number of carbonyl (C=O) groups excluding carboxylic acids is 1. The number of nitrogens with one attached hydrogen (secondary N) is 1. The number of hydrogen-bond donors (Lipinski definition) is 2. The first-order chi connectivity index (χ1) is 21.2. The summed E-state index contributed by atoms with van der Waals surface area (Å²) in [5.41, 5.74) is 10.9. The van der Waals surface area contributed by atoms with E-state index in [1.165, 1.54) is 15.1 Å². The van der Waals surface area contributed by atoms with Gasteiger partial charge in [-0.05, 0) is 57.9 Å². The third-order valence-electron chi connectivity index (χ3n) is 9.08. The molecule has 0 radical (unpaired) electrons. The van der Waals surface area contributed by atoms with E-state index in [9.17, 15) is 13.2 Å². The molecule has 1 amide bonds. The number of hydrogen-bond acceptors (Lipinski definition) is 11. The topological polar surface area (TPSA) is 178 Å². The minimum absolute atomic E-state index is 0.0000212. The number of fused-ring (bicyclic) bond motifs is 4. The lowest BCUT2D eigenvalue weighted by Gasteiger charge is -2.38. The molecule has 2 bridgehead atoms. The predicted molar refractivity (Wildman–Crippen MR) is 163 cm³/mol. The minimum atomic E-state index is -3.75. The average Bonchev–Trinajstić information content (AvgIpc) is 3.81. The van der Waals surface area contributed by atoms with Crippen molar-refractivity contribution in [3.05, 3.63) is 52.4 Å². The van der Waals surface area contributed by atoms with Crippen molar-refractivity contribution in [3.63, 3.8) is 0 Å². The smallest absolute Gasteiger partial charge is 0.292 e. The number of H-pyrrole nitrogens is 1. The van der Waals surface area contributed by atoms with Crippen LogP contribution in [-0.4, -0.2) is 77.3 Å². The molecule has 5 aromatic rings. The van der Waals surface area contributed by atoms with Crippen molar-refractivity contribution >= 4 is 38.5 Å². The van der Waals surface area contributed by atoms with Gasteiger partial charge in [0.05, 0.1) is 23.3 Å². The number of nitrogens with two attached hydrogens (primary N) is 1. The SMILES string of the molecule is Cc1nnc(C(=O)N2[C@@H]3CC[C@H]2C[C@@H](c2nc4c(-c5ccc(-c6nc7c(s6)CCC7)nc5)cnn4c(N)c2S(C)(=O)=O)C3)[nH]1. The lowest BCUT2D eigenvalue weighted by molar-refractivity contribution is 0.0556. The summed E-state index contributed by atoms with van der Waals surface area (Å²) in [5, 5.41) is 13.3. The van der Waals surface area contributed by atoms with Crippen LogP contribution in [0.15, 0.2) is 29.4 Å². The van der Waals surface area contributed by atoms with Gasteiger partial charge in [-0.2, -0.15) is 9.61 Å². The van der Waals surface area contributed by atoms with Gasteiger partial charge in [0.1, 0.15) is 21.5 Å². The van der Waals surface area contributed by atoms with Crippen LogP contribution >= 0.6 is 11.3 Å². The fourth-order valence-corrected chi connectivity index (χ4v) is 9.34. The number of carbonyl (C=O) groups is 1. The van der Waals surface area contributed by atoms with Crippen LogP contribution in [0.25, 0.3) is 27.5 Å². The molecule has 3 N–H and O–H groups in total. The van der Waals surface area contributed by atoms with Gasteiger partial charge in [0.25, 0.3) is 5.91 Å². The van der Waals surface area contributed by atoms with Crippen LogP contribution < -0.4 is 5.73 Å². The Morgan fingerprint density at radius 3 is 2.55 bits per heavy atom. The van der Waals surface area contributed by atoms with E-state index in [0.717, 1.165) is 54.6 Å². The fourth-order valence-electron chi connectivity index (χ4n) is 7.15. The largest absolute Gasteiger partial charge is 0.382 e. The summed E-state index contributed by atoms with van der Waals surface area (Å²) in [6, 6.07) is 3.76. The van der Waals surface area contributed by atoms with E-state index in [4.69, 9.17) is 20.7 Å². The van der Waals surface area contributed by atoms with Crippen molar-refractivity contribution in [1.29, 1.82) is 0 Å². The maximum atomic E-state index is 13.3. The van der Waals surface area contributed by atoms with Crippen molar-refractivity contribution in [2.45, 2.75) is 74.8 Å². The number of piperidine rings is 1. The molecule has 2 saturated heterocycles. The maximum absolute atomic E-state index is 13.3. The summed E-state index contributed by atoms with van der Waals surface area (Å²) in [5.74, 6) is 0.443. The first-order valence-electron chi connectivity index (χ1n) is 14.7. The summed E-state index contributed by atoms with van der Waals surface area (Å²) in [4.78, 5) is 34.0. The van der Waals surface area contributed by atoms with Gasteiger partial charge in [-0.1, -0.05) is 6.07 Å². The Morgan fingerprint density at radius 1 is 1.09 bits per heavy atom. The van der Waals surface area contributed by atoms with Crippen molar-refractivity contribution in [2.24, 2.45) is 0 Å². The van der Waals surface area contributed by atoms with E-state index in [1.54, 1.807) is 30.7 Å². The van der Waals surface area contributed by atoms with Crippen molar-refractivity contribution in [2.75, 3.05) is 12.0 Å². The Morgan fingerprint density at radius 2 is 1.89 bits per heavy atom. The zero-order valence-electron chi connectivity index (χ0n) is 24.2. The van der Waals surface area contributed by atoms with Crippen molar-refractivity contribution in [1.82, 2.24) is 44.6 Å². The molecule has 2 aliphatic heterocycles. The molecular weight excluding hydrogens is 601 g/mol. The Hall–Kier alpha value is -4.24. The second-order valence-corrected chi connectivity index (χ2v) is 15.0. The van der Waals surface area contributed by atoms with Crippen molar-refractivity contribution in [3.8, 4) is 21.8 Å². The number of pyridine rings is 1. The van der Waals surface area contributed by atoms with Crippen LogP contribution in [0, 0.1) is 6.92 Å². The monoisotopic (exact) mass is 630 g/mol. The standard InChI is InChI=1S/C29H30N10O3S2/c1-14-33-26(37-36-14)29(40)38-17-7-8-18(38)11-16(10-17)23-24(44(2,41)42)25(30)39-27(35-23)19(13-32-39)15-6-9-21(31-12-15)28-34-20-4-3-5-22(20)43-28/h6,9,12-13,16-18H,3-5,7-8,10-11,30H2,1-2H3,(H,33,36,37)/t16-,17+,18-. The Bertz CT molecular complexity index is 2030. The highest BCUT2D eigenvalue weighted by Gasteiger charge is 2.46. The van der Waals surface area contributed by atoms with Gasteiger partial charge < -0.3 is 15.6 Å². The van der Waals surface area contributed by atoms with Gasteiger partial charge in [0.15, 0.2) is 15.5 Å². The number of thiazole rings is 1. The quantitative estimate of drug-likeness (QED) is 0.293. The van der Waals surface area contributed by atoms with E-state index in [1.807, 2.05) is 17.0 Å². The van der Waals surface area contributed by atoms with Crippen LogP contribution in [0.1, 0.15) is 70.7 Å². The highest BCUT2D eigenvalue weighted by Crippen LogP contribution is 2.46. The highest BCUT2D eigenvalue weighted by atomic mass is 32.2. The Balaban J connectivity index is 1.16. The lowest BCUT2D eigenvalue weighted by atomic mass is 9.87. The van der Waals surface area contributed by atoms with Gasteiger partial charge in [0, 0.05) is 46.5 Å². The zero-order valence-corrected chi connectivity index (χ0v) is 25.8. The van der Waals surface area contributed by atoms with E-state index in [0.29, 0.717) is 35.6 Å². The van der Waals surface area contributed by atoms with Gasteiger partial charge >= 0.3 is 0 Å². The molecule has 2 fully saturated rings. The Kier molecular flexibility index (Phi) is 6.14. The zero-order chi connectivity index (χ0) is 30.3. The molecular formula is C29H30N10O3S2. The Labute approximate surface area is 256 Å². The molecule has 1 aliphatic carbocycles. The van der Waals surface area contributed by atoms with Crippen LogP contribution in [-0.2, 0) is 22.7 Å². The molecule has 0 aromatic carbocycles.